The molecule has 2 N–H and O–H groups in total. The van der Waals surface area contributed by atoms with Gasteiger partial charge in [0.1, 0.15) is 11.3 Å². The highest BCUT2D eigenvalue weighted by Crippen LogP contribution is 2.32. The van der Waals surface area contributed by atoms with E-state index in [1.54, 1.807) is 49.4 Å². The average molecular weight is 428 g/mol. The molecule has 32 heavy (non-hydrogen) atoms. The Bertz CT molecular complexity index is 1340. The molecule has 0 fully saturated rings. The van der Waals surface area contributed by atoms with Crippen LogP contribution < -0.4 is 10.9 Å². The molecule has 0 aliphatic rings. The highest BCUT2D eigenvalue weighted by Gasteiger charge is 2.15. The van der Waals surface area contributed by atoms with Crippen LogP contribution in [0.15, 0.2) is 87.0 Å². The minimum atomic E-state index is -0.718. The molecule has 0 saturated carbocycles. The molecule has 0 amide bonds. The molecule has 160 valence electrons. The summed E-state index contributed by atoms with van der Waals surface area (Å²) < 4.78 is 10.5. The molecule has 7 heteroatoms. The normalized spacial score (nSPS) is 11.0. The van der Waals surface area contributed by atoms with Crippen molar-refractivity contribution < 1.29 is 19.1 Å². The Labute approximate surface area is 183 Å². The lowest BCUT2D eigenvalue weighted by molar-refractivity contribution is 0.0526. The third-order valence-corrected chi connectivity index (χ3v) is 4.71. The molecule has 0 aliphatic heterocycles. The largest absolute Gasteiger partial charge is 0.506 e. The first-order valence-electron chi connectivity index (χ1n) is 9.99. The molecule has 0 atom stereocenters. The van der Waals surface area contributed by atoms with E-state index in [0.29, 0.717) is 28.9 Å². The van der Waals surface area contributed by atoms with Crippen LogP contribution in [0.3, 0.4) is 0 Å². The predicted octanol–water partition coefficient (Wildman–Crippen LogP) is 5.17. The van der Waals surface area contributed by atoms with Gasteiger partial charge in [0, 0.05) is 11.9 Å². The standard InChI is InChI=1S/C25H20N2O5/c1-2-31-24(29)16-11-13-17(14-12-16)26-15-20-22(28)19-9-6-10-21(23(19)32-25(20)30)27-18-7-4-3-5-8-18/h3-15,27-28H,2H2,1H3. The summed E-state index contributed by atoms with van der Waals surface area (Å²) in [4.78, 5) is 28.6. The molecule has 0 aliphatic carbocycles. The van der Waals surface area contributed by atoms with Crippen molar-refractivity contribution in [3.63, 3.8) is 0 Å². The molecule has 0 radical (unpaired) electrons. The van der Waals surface area contributed by atoms with Gasteiger partial charge in [0.05, 0.1) is 28.9 Å². The van der Waals surface area contributed by atoms with E-state index in [9.17, 15) is 14.7 Å². The molecule has 0 spiro atoms. The number of rotatable bonds is 6. The van der Waals surface area contributed by atoms with Gasteiger partial charge in [0.15, 0.2) is 5.58 Å². The summed E-state index contributed by atoms with van der Waals surface area (Å²) in [6.07, 6.45) is 1.25. The van der Waals surface area contributed by atoms with E-state index in [4.69, 9.17) is 9.15 Å². The first kappa shape index (κ1) is 20.9. The Kier molecular flexibility index (Phi) is 5.98. The van der Waals surface area contributed by atoms with Crippen LogP contribution in [0.1, 0.15) is 22.8 Å². The van der Waals surface area contributed by atoms with Gasteiger partial charge < -0.3 is 19.6 Å². The topological polar surface area (TPSA) is 101 Å². The number of ether oxygens (including phenoxy) is 1. The number of anilines is 2. The lowest BCUT2D eigenvalue weighted by Gasteiger charge is -2.10. The first-order chi connectivity index (χ1) is 15.6. The van der Waals surface area contributed by atoms with Crippen LogP contribution in [0.4, 0.5) is 17.1 Å². The molecule has 1 heterocycles. The number of fused-ring (bicyclic) bond motifs is 1. The zero-order valence-electron chi connectivity index (χ0n) is 17.2. The van der Waals surface area contributed by atoms with Crippen molar-refractivity contribution in [1.82, 2.24) is 0 Å². The van der Waals surface area contributed by atoms with Crippen molar-refractivity contribution >= 4 is 40.2 Å². The molecule has 4 aromatic rings. The Balaban J connectivity index is 1.65. The first-order valence-corrected chi connectivity index (χ1v) is 9.99. The summed E-state index contributed by atoms with van der Waals surface area (Å²) >= 11 is 0. The summed E-state index contributed by atoms with van der Waals surface area (Å²) in [5.74, 6) is -0.643. The van der Waals surface area contributed by atoms with Crippen LogP contribution >= 0.6 is 0 Å². The number of nitrogens with zero attached hydrogens (tertiary/aromatic N) is 1. The number of carbonyl (C=O) groups excluding carboxylic acids is 1. The fourth-order valence-corrected chi connectivity index (χ4v) is 3.15. The molecule has 0 unspecified atom stereocenters. The maximum Gasteiger partial charge on any atom is 0.349 e. The number of hydrogen-bond acceptors (Lipinski definition) is 7. The Morgan fingerprint density at radius 3 is 2.53 bits per heavy atom. The summed E-state index contributed by atoms with van der Waals surface area (Å²) in [6.45, 7) is 2.02. The number of aromatic hydroxyl groups is 1. The van der Waals surface area contributed by atoms with Gasteiger partial charge in [-0.15, -0.1) is 0 Å². The highest BCUT2D eigenvalue weighted by molar-refractivity contribution is 5.99. The van der Waals surface area contributed by atoms with Crippen molar-refractivity contribution in [1.29, 1.82) is 0 Å². The lowest BCUT2D eigenvalue weighted by Crippen LogP contribution is -2.08. The quantitative estimate of drug-likeness (QED) is 0.250. The number of hydrogen-bond donors (Lipinski definition) is 2. The Morgan fingerprint density at radius 1 is 1.06 bits per heavy atom. The van der Waals surface area contributed by atoms with E-state index in [2.05, 4.69) is 10.3 Å². The SMILES string of the molecule is CCOC(=O)c1ccc(N=Cc2c(O)c3cccc(Nc4ccccc4)c3oc2=O)cc1. The van der Waals surface area contributed by atoms with Crippen molar-refractivity contribution in [3.8, 4) is 5.75 Å². The zero-order chi connectivity index (χ0) is 22.5. The number of para-hydroxylation sites is 2. The van der Waals surface area contributed by atoms with Gasteiger partial charge in [-0.3, -0.25) is 4.99 Å². The average Bonchev–Trinajstić information content (AvgIpc) is 2.81. The number of nitrogens with one attached hydrogen (secondary N) is 1. The van der Waals surface area contributed by atoms with Crippen molar-refractivity contribution in [3.05, 3.63) is 94.3 Å². The molecule has 0 bridgehead atoms. The van der Waals surface area contributed by atoms with E-state index in [1.807, 2.05) is 30.3 Å². The van der Waals surface area contributed by atoms with E-state index >= 15 is 0 Å². The van der Waals surface area contributed by atoms with Crippen molar-refractivity contribution in [2.75, 3.05) is 11.9 Å². The minimum Gasteiger partial charge on any atom is -0.506 e. The highest BCUT2D eigenvalue weighted by atomic mass is 16.5. The third kappa shape index (κ3) is 4.37. The van der Waals surface area contributed by atoms with E-state index < -0.39 is 11.6 Å². The van der Waals surface area contributed by atoms with Gasteiger partial charge in [-0.25, -0.2) is 9.59 Å². The predicted molar refractivity (Wildman–Crippen MR) is 124 cm³/mol. The maximum absolute atomic E-state index is 12.6. The van der Waals surface area contributed by atoms with E-state index in [0.717, 1.165) is 5.69 Å². The monoisotopic (exact) mass is 428 g/mol. The summed E-state index contributed by atoms with van der Waals surface area (Å²) in [6, 6.07) is 21.0. The number of carbonyl (C=O) groups is 1. The molecule has 0 saturated heterocycles. The van der Waals surface area contributed by atoms with Crippen LogP contribution in [0.2, 0.25) is 0 Å². The number of esters is 1. The van der Waals surface area contributed by atoms with E-state index in [-0.39, 0.29) is 16.9 Å². The number of benzene rings is 3. The lowest BCUT2D eigenvalue weighted by atomic mass is 10.1. The second-order valence-electron chi connectivity index (χ2n) is 6.85. The van der Waals surface area contributed by atoms with Gasteiger partial charge >= 0.3 is 11.6 Å². The molecule has 1 aromatic heterocycles. The fourth-order valence-electron chi connectivity index (χ4n) is 3.15. The maximum atomic E-state index is 12.6. The van der Waals surface area contributed by atoms with Gasteiger partial charge in [0.25, 0.3) is 0 Å². The smallest absolute Gasteiger partial charge is 0.349 e. The number of aliphatic imine (C=N–C) groups is 1. The summed E-state index contributed by atoms with van der Waals surface area (Å²) in [5, 5.41) is 14.3. The molecular weight excluding hydrogens is 408 g/mol. The van der Waals surface area contributed by atoms with Crippen LogP contribution in [0.5, 0.6) is 5.75 Å². The van der Waals surface area contributed by atoms with Crippen molar-refractivity contribution in [2.45, 2.75) is 6.92 Å². The second kappa shape index (κ2) is 9.18. The summed E-state index contributed by atoms with van der Waals surface area (Å²) in [7, 11) is 0. The third-order valence-electron chi connectivity index (χ3n) is 4.71. The zero-order valence-corrected chi connectivity index (χ0v) is 17.2. The Morgan fingerprint density at radius 2 is 1.81 bits per heavy atom. The van der Waals surface area contributed by atoms with Crippen LogP contribution in [0.25, 0.3) is 11.0 Å². The minimum absolute atomic E-state index is 0.0659. The Hall–Kier alpha value is -4.39. The van der Waals surface area contributed by atoms with Gasteiger partial charge in [-0.2, -0.15) is 0 Å². The van der Waals surface area contributed by atoms with Gasteiger partial charge in [-0.1, -0.05) is 24.3 Å². The van der Waals surface area contributed by atoms with Crippen LogP contribution in [0, 0.1) is 0 Å². The van der Waals surface area contributed by atoms with Crippen LogP contribution in [-0.2, 0) is 4.74 Å². The molecule has 7 nitrogen and oxygen atoms in total. The fraction of sp³-hybridized carbons (Fsp3) is 0.0800. The van der Waals surface area contributed by atoms with Crippen molar-refractivity contribution in [2.24, 2.45) is 4.99 Å². The van der Waals surface area contributed by atoms with Gasteiger partial charge in [0.2, 0.25) is 0 Å². The molecular formula is C25H20N2O5. The molecule has 4 rings (SSSR count). The summed E-state index contributed by atoms with van der Waals surface area (Å²) in [5.41, 5.74) is 1.73. The van der Waals surface area contributed by atoms with Crippen LogP contribution in [-0.4, -0.2) is 23.9 Å². The second-order valence-corrected chi connectivity index (χ2v) is 6.85. The van der Waals surface area contributed by atoms with E-state index in [1.165, 1.54) is 6.21 Å². The van der Waals surface area contributed by atoms with Gasteiger partial charge in [-0.05, 0) is 55.5 Å². The molecule has 3 aromatic carbocycles.